The van der Waals surface area contributed by atoms with Crippen LogP contribution in [0.1, 0.15) is 31.9 Å². The van der Waals surface area contributed by atoms with Crippen molar-refractivity contribution >= 4 is 0 Å². The Kier molecular flexibility index (Phi) is 5.07. The quantitative estimate of drug-likeness (QED) is 0.876. The Morgan fingerprint density at radius 2 is 1.85 bits per heavy atom. The Balaban J connectivity index is 2.19. The third-order valence-electron chi connectivity index (χ3n) is 3.24. The minimum absolute atomic E-state index is 0.354. The highest BCUT2D eigenvalue weighted by atomic mass is 16.5. The number of ether oxygens (including phenoxy) is 1. The van der Waals surface area contributed by atoms with Crippen LogP contribution in [-0.4, -0.2) is 23.6 Å². The summed E-state index contributed by atoms with van der Waals surface area (Å²) in [6.07, 6.45) is 4.45. The first kappa shape index (κ1) is 14.5. The average molecular weight is 271 g/mol. The molecule has 1 unspecified atom stereocenters. The molecule has 1 aromatic carbocycles. The zero-order chi connectivity index (χ0) is 14.4. The molecule has 1 heterocycles. The van der Waals surface area contributed by atoms with E-state index in [0.717, 1.165) is 24.2 Å². The molecule has 4 nitrogen and oxygen atoms in total. The predicted molar refractivity (Wildman–Crippen MR) is 80.7 cm³/mol. The topological polar surface area (TPSA) is 47.0 Å². The summed E-state index contributed by atoms with van der Waals surface area (Å²) in [5.41, 5.74) is 3.06. The first-order valence-corrected chi connectivity index (χ1v) is 6.95. The molecule has 2 aromatic rings. The zero-order valence-corrected chi connectivity index (χ0v) is 12.3. The van der Waals surface area contributed by atoms with E-state index in [0.29, 0.717) is 11.9 Å². The molecule has 0 amide bonds. The van der Waals surface area contributed by atoms with Crippen molar-refractivity contribution in [2.45, 2.75) is 26.3 Å². The average Bonchev–Trinajstić information content (AvgIpc) is 2.52. The summed E-state index contributed by atoms with van der Waals surface area (Å²) in [4.78, 5) is 8.52. The summed E-state index contributed by atoms with van der Waals surface area (Å²) < 4.78 is 5.24. The van der Waals surface area contributed by atoms with Crippen molar-refractivity contribution < 1.29 is 4.74 Å². The Bertz CT molecular complexity index is 540. The fourth-order valence-electron chi connectivity index (χ4n) is 2.08. The Labute approximate surface area is 120 Å². The van der Waals surface area contributed by atoms with Crippen LogP contribution < -0.4 is 10.1 Å². The van der Waals surface area contributed by atoms with E-state index in [4.69, 9.17) is 4.74 Å². The van der Waals surface area contributed by atoms with E-state index in [-0.39, 0.29) is 0 Å². The van der Waals surface area contributed by atoms with E-state index >= 15 is 0 Å². The van der Waals surface area contributed by atoms with Gasteiger partial charge < -0.3 is 10.1 Å². The maximum absolute atomic E-state index is 5.24. The molecule has 1 aromatic heterocycles. The number of rotatable bonds is 6. The number of nitrogens with zero attached hydrogens (tertiary/aromatic N) is 2. The van der Waals surface area contributed by atoms with Gasteiger partial charge in [0.25, 0.3) is 0 Å². The molecule has 2 rings (SSSR count). The van der Waals surface area contributed by atoms with Crippen LogP contribution in [0.2, 0.25) is 0 Å². The van der Waals surface area contributed by atoms with Gasteiger partial charge in [0.05, 0.1) is 7.11 Å². The molecule has 4 heteroatoms. The third kappa shape index (κ3) is 3.33. The summed E-state index contributed by atoms with van der Waals surface area (Å²) in [5.74, 6) is 0.553. The summed E-state index contributed by atoms with van der Waals surface area (Å²) >= 11 is 0. The molecule has 1 N–H and O–H groups in total. The van der Waals surface area contributed by atoms with Gasteiger partial charge in [0, 0.05) is 24.0 Å². The predicted octanol–water partition coefficient (Wildman–Crippen LogP) is 3.21. The number of benzene rings is 1. The van der Waals surface area contributed by atoms with Gasteiger partial charge in [-0.2, -0.15) is 0 Å². The van der Waals surface area contributed by atoms with Crippen LogP contribution in [0.25, 0.3) is 11.3 Å². The van der Waals surface area contributed by atoms with Crippen molar-refractivity contribution in [2.24, 2.45) is 0 Å². The maximum atomic E-state index is 5.24. The lowest BCUT2D eigenvalue weighted by molar-refractivity contribution is 0.398. The normalized spacial score (nSPS) is 12.2. The highest BCUT2D eigenvalue weighted by Gasteiger charge is 2.09. The second-order valence-electron chi connectivity index (χ2n) is 4.71. The van der Waals surface area contributed by atoms with Gasteiger partial charge >= 0.3 is 0 Å². The van der Waals surface area contributed by atoms with Crippen molar-refractivity contribution in [3.8, 4) is 17.1 Å². The molecule has 20 heavy (non-hydrogen) atoms. The van der Waals surface area contributed by atoms with Gasteiger partial charge in [0.1, 0.15) is 5.69 Å². The first-order valence-electron chi connectivity index (χ1n) is 6.95. The summed E-state index contributed by atoms with van der Waals surface area (Å²) in [7, 11) is 1.61. The van der Waals surface area contributed by atoms with E-state index in [1.165, 1.54) is 5.56 Å². The smallest absolute Gasteiger partial charge is 0.240 e. The van der Waals surface area contributed by atoms with Gasteiger partial charge in [-0.15, -0.1) is 0 Å². The molecule has 0 saturated heterocycles. The minimum Gasteiger partial charge on any atom is -0.479 e. The van der Waals surface area contributed by atoms with E-state index in [9.17, 15) is 0 Å². The second kappa shape index (κ2) is 7.01. The molecule has 0 aliphatic heterocycles. The standard InChI is InChI=1S/C16H21N3O/c1-4-9-17-12(2)13-5-7-14(8-6-13)15-16(20-3)19-11-10-18-15/h5-8,10-12,17H,4,9H2,1-3H3. The van der Waals surface area contributed by atoms with Crippen molar-refractivity contribution in [1.82, 2.24) is 15.3 Å². The number of hydrogen-bond acceptors (Lipinski definition) is 4. The first-order chi connectivity index (χ1) is 9.76. The Morgan fingerprint density at radius 1 is 1.15 bits per heavy atom. The van der Waals surface area contributed by atoms with Crippen LogP contribution in [0.3, 0.4) is 0 Å². The number of methoxy groups -OCH3 is 1. The lowest BCUT2D eigenvalue weighted by Crippen LogP contribution is -2.19. The van der Waals surface area contributed by atoms with Gasteiger partial charge in [-0.05, 0) is 25.5 Å². The van der Waals surface area contributed by atoms with Gasteiger partial charge in [0.2, 0.25) is 5.88 Å². The van der Waals surface area contributed by atoms with E-state index < -0.39 is 0 Å². The van der Waals surface area contributed by atoms with Crippen LogP contribution in [0.5, 0.6) is 5.88 Å². The lowest BCUT2D eigenvalue weighted by Gasteiger charge is -2.14. The van der Waals surface area contributed by atoms with Crippen LogP contribution in [0.4, 0.5) is 0 Å². The summed E-state index contributed by atoms with van der Waals surface area (Å²) in [6, 6.07) is 8.72. The molecule has 0 aliphatic carbocycles. The molecule has 0 saturated carbocycles. The monoisotopic (exact) mass is 271 g/mol. The SMILES string of the molecule is CCCNC(C)c1ccc(-c2nccnc2OC)cc1. The molecule has 0 bridgehead atoms. The molecule has 0 spiro atoms. The molecule has 106 valence electrons. The third-order valence-corrected chi connectivity index (χ3v) is 3.24. The van der Waals surface area contributed by atoms with Crippen molar-refractivity contribution in [3.05, 3.63) is 42.2 Å². The maximum Gasteiger partial charge on any atom is 0.240 e. The summed E-state index contributed by atoms with van der Waals surface area (Å²) in [6.45, 7) is 5.37. The summed E-state index contributed by atoms with van der Waals surface area (Å²) in [5, 5.41) is 3.48. The zero-order valence-electron chi connectivity index (χ0n) is 12.3. The largest absolute Gasteiger partial charge is 0.479 e. The van der Waals surface area contributed by atoms with E-state index in [1.807, 2.05) is 0 Å². The molecule has 0 fully saturated rings. The minimum atomic E-state index is 0.354. The molecule has 1 atom stereocenters. The number of aromatic nitrogens is 2. The van der Waals surface area contributed by atoms with Crippen molar-refractivity contribution in [3.63, 3.8) is 0 Å². The molecular weight excluding hydrogens is 250 g/mol. The highest BCUT2D eigenvalue weighted by Crippen LogP contribution is 2.26. The van der Waals surface area contributed by atoms with Crippen molar-refractivity contribution in [1.29, 1.82) is 0 Å². The number of hydrogen-bond donors (Lipinski definition) is 1. The van der Waals surface area contributed by atoms with Gasteiger partial charge in [0.15, 0.2) is 0 Å². The molecule has 0 aliphatic rings. The van der Waals surface area contributed by atoms with Crippen LogP contribution in [-0.2, 0) is 0 Å². The second-order valence-corrected chi connectivity index (χ2v) is 4.71. The lowest BCUT2D eigenvalue weighted by atomic mass is 10.0. The van der Waals surface area contributed by atoms with Crippen molar-refractivity contribution in [2.75, 3.05) is 13.7 Å². The molecule has 0 radical (unpaired) electrons. The Hall–Kier alpha value is -1.94. The van der Waals surface area contributed by atoms with E-state index in [1.54, 1.807) is 19.5 Å². The van der Waals surface area contributed by atoms with E-state index in [2.05, 4.69) is 53.4 Å². The van der Waals surface area contributed by atoms with Crippen LogP contribution in [0.15, 0.2) is 36.7 Å². The van der Waals surface area contributed by atoms with Gasteiger partial charge in [-0.1, -0.05) is 31.2 Å². The van der Waals surface area contributed by atoms with Gasteiger partial charge in [-0.25, -0.2) is 9.97 Å². The highest BCUT2D eigenvalue weighted by molar-refractivity contribution is 5.64. The fraction of sp³-hybridized carbons (Fsp3) is 0.375. The molecular formula is C16H21N3O. The van der Waals surface area contributed by atoms with Gasteiger partial charge in [-0.3, -0.25) is 0 Å². The van der Waals surface area contributed by atoms with Crippen LogP contribution in [0, 0.1) is 0 Å². The van der Waals surface area contributed by atoms with Crippen LogP contribution >= 0.6 is 0 Å². The fourth-order valence-corrected chi connectivity index (χ4v) is 2.08. The Morgan fingerprint density at radius 3 is 2.50 bits per heavy atom. The number of nitrogens with one attached hydrogen (secondary N) is 1.